The number of anilines is 1. The van der Waals surface area contributed by atoms with Gasteiger partial charge in [-0.2, -0.15) is 5.10 Å². The lowest BCUT2D eigenvalue weighted by molar-refractivity contribution is 0.0697. The monoisotopic (exact) mass is 377 g/mol. The maximum atomic E-state index is 12.4. The lowest BCUT2D eigenvalue weighted by Gasteiger charge is -2.10. The summed E-state index contributed by atoms with van der Waals surface area (Å²) in [5, 5.41) is 13.2. The van der Waals surface area contributed by atoms with Crippen LogP contribution in [0.15, 0.2) is 65.8 Å². The van der Waals surface area contributed by atoms with E-state index in [1.165, 1.54) is 41.3 Å². The second-order valence-electron chi connectivity index (χ2n) is 5.10. The van der Waals surface area contributed by atoms with E-state index in [-0.39, 0.29) is 21.2 Å². The normalized spacial score (nSPS) is 11.2. The molecule has 3 rings (SSSR count). The van der Waals surface area contributed by atoms with Gasteiger partial charge in [-0.3, -0.25) is 4.72 Å². The molecule has 3 aromatic rings. The Morgan fingerprint density at radius 3 is 2.52 bits per heavy atom. The number of halogens is 1. The predicted octanol–water partition coefficient (Wildman–Crippen LogP) is 3.02. The number of hydrogen-bond donors (Lipinski definition) is 2. The quantitative estimate of drug-likeness (QED) is 0.711. The van der Waals surface area contributed by atoms with Crippen molar-refractivity contribution in [3.63, 3.8) is 0 Å². The van der Waals surface area contributed by atoms with Crippen LogP contribution in [0.25, 0.3) is 5.69 Å². The molecule has 0 saturated carbocycles. The van der Waals surface area contributed by atoms with Crippen molar-refractivity contribution in [2.75, 3.05) is 4.72 Å². The molecule has 0 saturated heterocycles. The molecule has 25 heavy (non-hydrogen) atoms. The first-order valence-electron chi connectivity index (χ1n) is 7.02. The van der Waals surface area contributed by atoms with Crippen LogP contribution in [0.4, 0.5) is 5.69 Å². The summed E-state index contributed by atoms with van der Waals surface area (Å²) in [6.45, 7) is 0. The van der Waals surface area contributed by atoms with E-state index in [4.69, 9.17) is 16.7 Å². The molecule has 0 atom stereocenters. The van der Waals surface area contributed by atoms with Crippen LogP contribution in [0.5, 0.6) is 0 Å². The Labute approximate surface area is 148 Å². The predicted molar refractivity (Wildman–Crippen MR) is 92.8 cm³/mol. The third kappa shape index (κ3) is 3.81. The highest BCUT2D eigenvalue weighted by atomic mass is 35.5. The second-order valence-corrected chi connectivity index (χ2v) is 7.21. The van der Waals surface area contributed by atoms with Gasteiger partial charge < -0.3 is 5.11 Å². The van der Waals surface area contributed by atoms with Crippen molar-refractivity contribution in [3.05, 3.63) is 71.5 Å². The van der Waals surface area contributed by atoms with Crippen molar-refractivity contribution in [1.29, 1.82) is 0 Å². The van der Waals surface area contributed by atoms with Crippen molar-refractivity contribution in [2.45, 2.75) is 4.90 Å². The molecule has 2 N–H and O–H groups in total. The zero-order valence-electron chi connectivity index (χ0n) is 12.6. The van der Waals surface area contributed by atoms with Crippen LogP contribution >= 0.6 is 11.6 Å². The van der Waals surface area contributed by atoms with Gasteiger partial charge in [0, 0.05) is 11.2 Å². The maximum absolute atomic E-state index is 12.4. The lowest BCUT2D eigenvalue weighted by atomic mass is 10.3. The number of hydrogen-bond acceptors (Lipinski definition) is 4. The van der Waals surface area contributed by atoms with Crippen LogP contribution in [0.2, 0.25) is 5.02 Å². The first-order valence-corrected chi connectivity index (χ1v) is 8.88. The first kappa shape index (κ1) is 17.0. The smallest absolute Gasteiger partial charge is 0.338 e. The molecule has 0 amide bonds. The summed E-state index contributed by atoms with van der Waals surface area (Å²) in [5.41, 5.74) is 0.663. The van der Waals surface area contributed by atoms with E-state index in [0.717, 1.165) is 0 Å². The number of sulfonamides is 1. The highest BCUT2D eigenvalue weighted by Gasteiger charge is 2.15. The van der Waals surface area contributed by atoms with Gasteiger partial charge in [-0.25, -0.2) is 17.9 Å². The molecule has 0 aliphatic rings. The van der Waals surface area contributed by atoms with E-state index in [1.807, 2.05) is 0 Å². The highest BCUT2D eigenvalue weighted by molar-refractivity contribution is 7.92. The van der Waals surface area contributed by atoms with Crippen LogP contribution in [-0.2, 0) is 10.0 Å². The topological polar surface area (TPSA) is 101 Å². The third-order valence-electron chi connectivity index (χ3n) is 3.28. The Hall–Kier alpha value is -2.84. The molecule has 0 unspecified atom stereocenters. The Balaban J connectivity index is 1.95. The molecular weight excluding hydrogens is 366 g/mol. The molecular formula is C16H12ClN3O4S. The Bertz CT molecular complexity index is 1030. The number of carbonyl (C=O) groups is 1. The molecule has 0 fully saturated rings. The molecule has 2 aromatic carbocycles. The summed E-state index contributed by atoms with van der Waals surface area (Å²) in [7, 11) is -3.77. The summed E-state index contributed by atoms with van der Waals surface area (Å²) in [6, 6.07) is 12.4. The number of aromatic nitrogens is 2. The highest BCUT2D eigenvalue weighted by Crippen LogP contribution is 2.24. The maximum Gasteiger partial charge on any atom is 0.338 e. The largest absolute Gasteiger partial charge is 0.478 e. The molecule has 1 heterocycles. The van der Waals surface area contributed by atoms with Gasteiger partial charge in [0.25, 0.3) is 10.0 Å². The van der Waals surface area contributed by atoms with Crippen molar-refractivity contribution >= 4 is 33.3 Å². The first-order chi connectivity index (χ1) is 11.8. The van der Waals surface area contributed by atoms with E-state index >= 15 is 0 Å². The number of carboxylic acid groups (broad SMARTS) is 1. The van der Waals surface area contributed by atoms with Crippen LogP contribution in [0, 0.1) is 0 Å². The number of aromatic carboxylic acids is 1. The minimum Gasteiger partial charge on any atom is -0.478 e. The number of benzene rings is 2. The van der Waals surface area contributed by atoms with E-state index < -0.39 is 16.0 Å². The van der Waals surface area contributed by atoms with Crippen LogP contribution in [0.3, 0.4) is 0 Å². The van der Waals surface area contributed by atoms with Crippen molar-refractivity contribution in [2.24, 2.45) is 0 Å². The Morgan fingerprint density at radius 1 is 1.16 bits per heavy atom. The molecule has 0 aliphatic heterocycles. The van der Waals surface area contributed by atoms with Crippen LogP contribution < -0.4 is 4.72 Å². The Kier molecular flexibility index (Phi) is 4.47. The van der Waals surface area contributed by atoms with Crippen LogP contribution in [-0.4, -0.2) is 29.3 Å². The van der Waals surface area contributed by atoms with Gasteiger partial charge in [0.15, 0.2) is 0 Å². The van der Waals surface area contributed by atoms with E-state index in [2.05, 4.69) is 9.82 Å². The van der Waals surface area contributed by atoms with Gasteiger partial charge in [-0.15, -0.1) is 0 Å². The number of rotatable bonds is 5. The van der Waals surface area contributed by atoms with Gasteiger partial charge in [-0.05, 0) is 30.3 Å². The molecule has 9 heteroatoms. The van der Waals surface area contributed by atoms with E-state index in [1.54, 1.807) is 24.3 Å². The molecule has 0 bridgehead atoms. The standard InChI is InChI=1S/C16H12ClN3O4S/c17-12-6-13(19-25(23,24)15-4-2-1-3-5-15)8-14(7-12)20-10-11(9-18-20)16(21)22/h1-10,19H,(H,21,22). The molecule has 0 radical (unpaired) electrons. The van der Waals surface area contributed by atoms with Crippen molar-refractivity contribution in [1.82, 2.24) is 9.78 Å². The number of nitrogens with zero attached hydrogens (tertiary/aromatic N) is 2. The molecule has 1 aromatic heterocycles. The summed E-state index contributed by atoms with van der Waals surface area (Å²) in [6.07, 6.45) is 2.50. The fourth-order valence-electron chi connectivity index (χ4n) is 2.15. The number of carboxylic acids is 1. The summed E-state index contributed by atoms with van der Waals surface area (Å²) in [5.74, 6) is -1.11. The van der Waals surface area contributed by atoms with Gasteiger partial charge >= 0.3 is 5.97 Å². The van der Waals surface area contributed by atoms with Crippen LogP contribution in [0.1, 0.15) is 10.4 Å². The number of nitrogens with one attached hydrogen (secondary N) is 1. The average molecular weight is 378 g/mol. The Morgan fingerprint density at radius 2 is 1.88 bits per heavy atom. The van der Waals surface area contributed by atoms with E-state index in [9.17, 15) is 13.2 Å². The van der Waals surface area contributed by atoms with E-state index in [0.29, 0.717) is 5.69 Å². The summed E-state index contributed by atoms with van der Waals surface area (Å²) in [4.78, 5) is 11.1. The minimum atomic E-state index is -3.77. The summed E-state index contributed by atoms with van der Waals surface area (Å²) < 4.78 is 28.5. The lowest BCUT2D eigenvalue weighted by Crippen LogP contribution is -2.13. The summed E-state index contributed by atoms with van der Waals surface area (Å²) >= 11 is 6.05. The van der Waals surface area contributed by atoms with Gasteiger partial charge in [0.05, 0.1) is 28.0 Å². The van der Waals surface area contributed by atoms with Gasteiger partial charge in [0.2, 0.25) is 0 Å². The fraction of sp³-hybridized carbons (Fsp3) is 0. The van der Waals surface area contributed by atoms with Crippen molar-refractivity contribution < 1.29 is 18.3 Å². The molecule has 0 spiro atoms. The van der Waals surface area contributed by atoms with Gasteiger partial charge in [-0.1, -0.05) is 29.8 Å². The van der Waals surface area contributed by atoms with Crippen molar-refractivity contribution in [3.8, 4) is 5.69 Å². The van der Waals surface area contributed by atoms with Gasteiger partial charge in [0.1, 0.15) is 0 Å². The zero-order chi connectivity index (χ0) is 18.0. The fourth-order valence-corrected chi connectivity index (χ4v) is 3.44. The third-order valence-corrected chi connectivity index (χ3v) is 4.90. The molecule has 128 valence electrons. The molecule has 0 aliphatic carbocycles. The second kappa shape index (κ2) is 6.58. The SMILES string of the molecule is O=C(O)c1cnn(-c2cc(Cl)cc(NS(=O)(=O)c3ccccc3)c2)c1. The zero-order valence-corrected chi connectivity index (χ0v) is 14.2. The molecule has 7 nitrogen and oxygen atoms in total. The average Bonchev–Trinajstić information content (AvgIpc) is 3.05. The minimum absolute atomic E-state index is 0.00592.